The molecule has 0 radical (unpaired) electrons. The van der Waals surface area contributed by atoms with Crippen LogP contribution in [0.5, 0.6) is 17.2 Å². The molecule has 0 aliphatic carbocycles. The molecule has 1 amide bonds. The highest BCUT2D eigenvalue weighted by Gasteiger charge is 2.13. The lowest BCUT2D eigenvalue weighted by molar-refractivity contribution is -0.134. The fraction of sp³-hybridized carbons (Fsp3) is 0.240. The number of aryl methyl sites for hydroxylation is 1. The normalized spacial score (nSPS) is 10.7. The number of benzene rings is 2. The van der Waals surface area contributed by atoms with Crippen LogP contribution in [0, 0.1) is 18.3 Å². The second-order valence-corrected chi connectivity index (χ2v) is 7.32. The standard InChI is InChI=1S/C25H25ClN2O5/c1-4-11-28-25(30)19(16-27)14-18-7-10-22(23(15-18)31-3)33-24(29)6-5-12-32-20-8-9-21(26)17(2)13-20/h4,7-10,13-15H,1,5-6,11-12H2,2-3H3,(H,28,30)/b19-14-. The summed E-state index contributed by atoms with van der Waals surface area (Å²) >= 11 is 5.99. The van der Waals surface area contributed by atoms with Crippen molar-refractivity contribution < 1.29 is 23.8 Å². The third-order valence-corrected chi connectivity index (χ3v) is 4.84. The van der Waals surface area contributed by atoms with Crippen LogP contribution in [0.25, 0.3) is 6.08 Å². The van der Waals surface area contributed by atoms with Crippen molar-refractivity contribution in [2.24, 2.45) is 0 Å². The van der Waals surface area contributed by atoms with Crippen molar-refractivity contribution in [3.63, 3.8) is 0 Å². The number of methoxy groups -OCH3 is 1. The molecule has 1 N–H and O–H groups in total. The molecule has 0 unspecified atom stereocenters. The van der Waals surface area contributed by atoms with Crippen LogP contribution in [-0.2, 0) is 9.59 Å². The van der Waals surface area contributed by atoms with Crippen LogP contribution < -0.4 is 19.5 Å². The number of carbonyl (C=O) groups excluding carboxylic acids is 2. The van der Waals surface area contributed by atoms with Gasteiger partial charge in [-0.25, -0.2) is 0 Å². The monoisotopic (exact) mass is 468 g/mol. The number of nitriles is 1. The van der Waals surface area contributed by atoms with Gasteiger partial charge in [-0.15, -0.1) is 6.58 Å². The van der Waals surface area contributed by atoms with Crippen molar-refractivity contribution in [2.45, 2.75) is 19.8 Å². The van der Waals surface area contributed by atoms with Gasteiger partial charge in [0.05, 0.1) is 13.7 Å². The summed E-state index contributed by atoms with van der Waals surface area (Å²) in [6, 6.07) is 12.0. The molecule has 33 heavy (non-hydrogen) atoms. The number of nitrogens with zero attached hydrogens (tertiary/aromatic N) is 1. The summed E-state index contributed by atoms with van der Waals surface area (Å²) < 4.78 is 16.3. The predicted octanol–water partition coefficient (Wildman–Crippen LogP) is 4.63. The highest BCUT2D eigenvalue weighted by Crippen LogP contribution is 2.29. The molecule has 0 heterocycles. The van der Waals surface area contributed by atoms with Crippen molar-refractivity contribution >= 4 is 29.6 Å². The molecule has 0 saturated heterocycles. The van der Waals surface area contributed by atoms with Gasteiger partial charge in [-0.1, -0.05) is 23.7 Å². The fourth-order valence-corrected chi connectivity index (χ4v) is 2.84. The van der Waals surface area contributed by atoms with Crippen molar-refractivity contribution in [1.29, 1.82) is 5.26 Å². The Hall–Kier alpha value is -3.76. The van der Waals surface area contributed by atoms with E-state index in [1.165, 1.54) is 19.3 Å². The van der Waals surface area contributed by atoms with Crippen molar-refractivity contribution in [2.75, 3.05) is 20.3 Å². The zero-order chi connectivity index (χ0) is 24.2. The number of rotatable bonds is 11. The Morgan fingerprint density at radius 2 is 2.00 bits per heavy atom. The fourth-order valence-electron chi connectivity index (χ4n) is 2.72. The van der Waals surface area contributed by atoms with E-state index >= 15 is 0 Å². The number of halogens is 1. The Bertz CT molecular complexity index is 1090. The first-order chi connectivity index (χ1) is 15.9. The van der Waals surface area contributed by atoms with E-state index in [9.17, 15) is 14.9 Å². The number of nitrogens with one attached hydrogen (secondary N) is 1. The molecule has 0 aliphatic heterocycles. The summed E-state index contributed by atoms with van der Waals surface area (Å²) in [4.78, 5) is 24.2. The largest absolute Gasteiger partial charge is 0.494 e. The molecule has 7 nitrogen and oxygen atoms in total. The molecule has 0 aromatic heterocycles. The van der Waals surface area contributed by atoms with E-state index in [0.717, 1.165) is 5.56 Å². The second-order valence-electron chi connectivity index (χ2n) is 6.92. The van der Waals surface area contributed by atoms with Gasteiger partial charge in [0.15, 0.2) is 11.5 Å². The number of hydrogen-bond acceptors (Lipinski definition) is 6. The van der Waals surface area contributed by atoms with Gasteiger partial charge in [-0.3, -0.25) is 9.59 Å². The van der Waals surface area contributed by atoms with Crippen LogP contribution in [0.1, 0.15) is 24.0 Å². The van der Waals surface area contributed by atoms with Gasteiger partial charge in [0, 0.05) is 18.0 Å². The molecule has 2 rings (SSSR count). The van der Waals surface area contributed by atoms with E-state index in [1.807, 2.05) is 19.1 Å². The summed E-state index contributed by atoms with van der Waals surface area (Å²) in [5.74, 6) is 0.277. The number of amides is 1. The Morgan fingerprint density at radius 1 is 1.21 bits per heavy atom. The molecule has 0 bridgehead atoms. The molecular weight excluding hydrogens is 444 g/mol. The first kappa shape index (κ1) is 25.5. The third-order valence-electron chi connectivity index (χ3n) is 4.42. The minimum atomic E-state index is -0.511. The van der Waals surface area contributed by atoms with Gasteiger partial charge < -0.3 is 19.5 Å². The topological polar surface area (TPSA) is 97.7 Å². The average molecular weight is 469 g/mol. The van der Waals surface area contributed by atoms with Gasteiger partial charge in [0.2, 0.25) is 0 Å². The Labute approximate surface area is 198 Å². The van der Waals surface area contributed by atoms with Crippen molar-refractivity contribution in [3.8, 4) is 23.3 Å². The van der Waals surface area contributed by atoms with Gasteiger partial charge in [-0.2, -0.15) is 5.26 Å². The molecule has 0 spiro atoms. The molecule has 0 aliphatic rings. The molecule has 172 valence electrons. The Balaban J connectivity index is 1.94. The molecule has 0 atom stereocenters. The van der Waals surface area contributed by atoms with E-state index in [-0.39, 0.29) is 24.3 Å². The number of ether oxygens (including phenoxy) is 3. The van der Waals surface area contributed by atoms with Crippen molar-refractivity contribution in [3.05, 3.63) is 70.8 Å². The lowest BCUT2D eigenvalue weighted by Crippen LogP contribution is -2.24. The van der Waals surface area contributed by atoms with Gasteiger partial charge in [0.25, 0.3) is 5.91 Å². The number of carbonyl (C=O) groups is 2. The molecule has 2 aromatic carbocycles. The Morgan fingerprint density at radius 3 is 2.67 bits per heavy atom. The van der Waals surface area contributed by atoms with Crippen molar-refractivity contribution in [1.82, 2.24) is 5.32 Å². The lowest BCUT2D eigenvalue weighted by atomic mass is 10.1. The summed E-state index contributed by atoms with van der Waals surface area (Å²) in [5, 5.41) is 12.4. The summed E-state index contributed by atoms with van der Waals surface area (Å²) in [6.07, 6.45) is 3.56. The average Bonchev–Trinajstić information content (AvgIpc) is 2.81. The van der Waals surface area contributed by atoms with Crippen LogP contribution in [0.2, 0.25) is 5.02 Å². The van der Waals surface area contributed by atoms with E-state index in [1.54, 1.807) is 30.3 Å². The zero-order valence-electron chi connectivity index (χ0n) is 18.5. The Kier molecular flexibility index (Phi) is 10.00. The maximum atomic E-state index is 12.2. The second kappa shape index (κ2) is 12.9. The predicted molar refractivity (Wildman–Crippen MR) is 126 cm³/mol. The van der Waals surface area contributed by atoms with Gasteiger partial charge in [-0.05, 0) is 60.9 Å². The first-order valence-corrected chi connectivity index (χ1v) is 10.5. The smallest absolute Gasteiger partial charge is 0.311 e. The summed E-state index contributed by atoms with van der Waals surface area (Å²) in [7, 11) is 1.43. The van der Waals surface area contributed by atoms with Crippen LogP contribution in [0.3, 0.4) is 0 Å². The van der Waals surface area contributed by atoms with E-state index in [4.69, 9.17) is 25.8 Å². The summed E-state index contributed by atoms with van der Waals surface area (Å²) in [5.41, 5.74) is 1.39. The molecule has 0 saturated carbocycles. The van der Waals surface area contributed by atoms with E-state index in [0.29, 0.717) is 35.1 Å². The van der Waals surface area contributed by atoms with E-state index in [2.05, 4.69) is 11.9 Å². The third kappa shape index (κ3) is 8.02. The number of hydrogen-bond donors (Lipinski definition) is 1. The highest BCUT2D eigenvalue weighted by molar-refractivity contribution is 6.31. The summed E-state index contributed by atoms with van der Waals surface area (Å²) in [6.45, 7) is 6.00. The zero-order valence-corrected chi connectivity index (χ0v) is 19.3. The quantitative estimate of drug-likeness (QED) is 0.129. The van der Waals surface area contributed by atoms with Crippen LogP contribution in [-0.4, -0.2) is 32.1 Å². The SMILES string of the molecule is C=CCNC(=O)/C(C#N)=C\c1ccc(OC(=O)CCCOc2ccc(Cl)c(C)c2)c(OC)c1. The lowest BCUT2D eigenvalue weighted by Gasteiger charge is -2.11. The molecule has 2 aromatic rings. The van der Waals surface area contributed by atoms with Crippen LogP contribution in [0.15, 0.2) is 54.6 Å². The van der Waals surface area contributed by atoms with Gasteiger partial charge >= 0.3 is 5.97 Å². The molecular formula is C25H25ClN2O5. The molecule has 8 heteroatoms. The minimum absolute atomic E-state index is 0.0699. The van der Waals surface area contributed by atoms with Crippen LogP contribution in [0.4, 0.5) is 0 Å². The maximum Gasteiger partial charge on any atom is 0.311 e. The van der Waals surface area contributed by atoms with E-state index < -0.39 is 11.9 Å². The maximum absolute atomic E-state index is 12.2. The molecule has 0 fully saturated rings. The first-order valence-electron chi connectivity index (χ1n) is 10.2. The van der Waals surface area contributed by atoms with Crippen LogP contribution >= 0.6 is 11.6 Å². The minimum Gasteiger partial charge on any atom is -0.494 e. The number of esters is 1. The van der Waals surface area contributed by atoms with Gasteiger partial charge in [0.1, 0.15) is 17.4 Å². The highest BCUT2D eigenvalue weighted by atomic mass is 35.5.